The lowest BCUT2D eigenvalue weighted by Gasteiger charge is -2.37. The van der Waals surface area contributed by atoms with Crippen LogP contribution in [0.5, 0.6) is 5.75 Å². The Morgan fingerprint density at radius 3 is 1.94 bits per heavy atom. The molecule has 1 aliphatic rings. The zero-order valence-electron chi connectivity index (χ0n) is 19.2. The molecule has 7 heteroatoms. The van der Waals surface area contributed by atoms with Crippen LogP contribution in [0.2, 0.25) is 10.0 Å². The standard InChI is InChI=1S/C27H30Cl2N2O3/c1-33-26-5-3-2-4-25(26)31-16-14-30(15-17-31)18-24(32)19-34-27(20-6-10-22(28)11-7-20)21-8-12-23(29)13-9-21/h2-13,24,27,32H,14-19H2,1H3/t24-/m1/s1. The number of methoxy groups -OCH3 is 1. The predicted octanol–water partition coefficient (Wildman–Crippen LogP) is 5.29. The molecular weight excluding hydrogens is 471 g/mol. The number of ether oxygens (including phenoxy) is 2. The number of nitrogens with zero attached hydrogens (tertiary/aromatic N) is 2. The maximum Gasteiger partial charge on any atom is 0.142 e. The zero-order chi connectivity index (χ0) is 23.9. The van der Waals surface area contributed by atoms with Gasteiger partial charge in [0.2, 0.25) is 0 Å². The first kappa shape index (κ1) is 24.8. The van der Waals surface area contributed by atoms with Gasteiger partial charge in [-0.3, -0.25) is 4.90 Å². The van der Waals surface area contributed by atoms with Gasteiger partial charge in [-0.2, -0.15) is 0 Å². The van der Waals surface area contributed by atoms with E-state index in [-0.39, 0.29) is 12.7 Å². The SMILES string of the molecule is COc1ccccc1N1CCN(C[C@@H](O)COC(c2ccc(Cl)cc2)c2ccc(Cl)cc2)CC1. The number of benzene rings is 3. The normalized spacial score (nSPS) is 15.5. The second kappa shape index (κ2) is 11.9. The van der Waals surface area contributed by atoms with Crippen molar-refractivity contribution in [1.29, 1.82) is 0 Å². The molecule has 0 spiro atoms. The molecule has 1 aliphatic heterocycles. The molecule has 34 heavy (non-hydrogen) atoms. The van der Waals surface area contributed by atoms with Crippen molar-refractivity contribution in [2.75, 3.05) is 51.3 Å². The number of para-hydroxylation sites is 2. The highest BCUT2D eigenvalue weighted by Gasteiger charge is 2.23. The van der Waals surface area contributed by atoms with E-state index in [1.165, 1.54) is 0 Å². The average Bonchev–Trinajstić information content (AvgIpc) is 2.86. The molecule has 3 aromatic rings. The topological polar surface area (TPSA) is 45.2 Å². The molecule has 0 amide bonds. The van der Waals surface area contributed by atoms with Gasteiger partial charge in [0, 0.05) is 42.8 Å². The van der Waals surface area contributed by atoms with Crippen LogP contribution < -0.4 is 9.64 Å². The van der Waals surface area contributed by atoms with E-state index in [1.807, 2.05) is 66.7 Å². The number of halogens is 2. The molecule has 0 aliphatic carbocycles. The van der Waals surface area contributed by atoms with Crippen LogP contribution in [-0.2, 0) is 4.74 Å². The molecule has 3 aromatic carbocycles. The molecule has 0 aromatic heterocycles. The Labute approximate surface area is 211 Å². The molecule has 1 heterocycles. The van der Waals surface area contributed by atoms with Gasteiger partial charge in [-0.05, 0) is 47.5 Å². The third-order valence-corrected chi connectivity index (χ3v) is 6.57. The third kappa shape index (κ3) is 6.44. The Morgan fingerprint density at radius 1 is 0.824 bits per heavy atom. The van der Waals surface area contributed by atoms with E-state index >= 15 is 0 Å². The lowest BCUT2D eigenvalue weighted by atomic mass is 10.0. The van der Waals surface area contributed by atoms with E-state index in [1.54, 1.807) is 7.11 Å². The van der Waals surface area contributed by atoms with Gasteiger partial charge in [-0.25, -0.2) is 0 Å². The summed E-state index contributed by atoms with van der Waals surface area (Å²) < 4.78 is 11.7. The number of hydrogen-bond donors (Lipinski definition) is 1. The summed E-state index contributed by atoms with van der Waals surface area (Å²) in [5, 5.41) is 12.1. The Morgan fingerprint density at radius 2 is 1.38 bits per heavy atom. The number of β-amino-alcohol motifs (C(OH)–C–C–N with tert-alkyl or cyclic N) is 1. The Hall–Kier alpha value is -2.28. The summed E-state index contributed by atoms with van der Waals surface area (Å²) >= 11 is 12.1. The molecule has 1 N–H and O–H groups in total. The maximum absolute atomic E-state index is 10.8. The highest BCUT2D eigenvalue weighted by atomic mass is 35.5. The first-order chi connectivity index (χ1) is 16.5. The van der Waals surface area contributed by atoms with Gasteiger partial charge in [0.1, 0.15) is 11.9 Å². The van der Waals surface area contributed by atoms with E-state index in [2.05, 4.69) is 15.9 Å². The van der Waals surface area contributed by atoms with Gasteiger partial charge in [0.25, 0.3) is 0 Å². The Balaban J connectivity index is 1.33. The first-order valence-corrected chi connectivity index (χ1v) is 12.2. The number of aliphatic hydroxyl groups excluding tert-OH is 1. The number of rotatable bonds is 9. The van der Waals surface area contributed by atoms with E-state index in [0.29, 0.717) is 16.6 Å². The van der Waals surface area contributed by atoms with Crippen LogP contribution in [0.15, 0.2) is 72.8 Å². The Kier molecular flexibility index (Phi) is 8.70. The van der Waals surface area contributed by atoms with Crippen molar-refractivity contribution < 1.29 is 14.6 Å². The fourth-order valence-electron chi connectivity index (χ4n) is 4.28. The number of aliphatic hydroxyl groups is 1. The predicted molar refractivity (Wildman–Crippen MR) is 138 cm³/mol. The number of anilines is 1. The van der Waals surface area contributed by atoms with Gasteiger partial charge < -0.3 is 19.5 Å². The average molecular weight is 501 g/mol. The van der Waals surface area contributed by atoms with Crippen molar-refractivity contribution in [2.24, 2.45) is 0 Å². The van der Waals surface area contributed by atoms with E-state index in [4.69, 9.17) is 32.7 Å². The van der Waals surface area contributed by atoms with Crippen LogP contribution in [0.1, 0.15) is 17.2 Å². The summed E-state index contributed by atoms with van der Waals surface area (Å²) in [7, 11) is 1.70. The summed E-state index contributed by atoms with van der Waals surface area (Å²) in [4.78, 5) is 4.61. The smallest absolute Gasteiger partial charge is 0.142 e. The van der Waals surface area contributed by atoms with Crippen LogP contribution in [0, 0.1) is 0 Å². The fourth-order valence-corrected chi connectivity index (χ4v) is 4.53. The van der Waals surface area contributed by atoms with Crippen LogP contribution in [-0.4, -0.2) is 62.6 Å². The monoisotopic (exact) mass is 500 g/mol. The highest BCUT2D eigenvalue weighted by Crippen LogP contribution is 2.30. The van der Waals surface area contributed by atoms with Crippen molar-refractivity contribution in [3.05, 3.63) is 94.0 Å². The third-order valence-electron chi connectivity index (χ3n) is 6.07. The maximum atomic E-state index is 10.8. The molecule has 0 saturated carbocycles. The quantitative estimate of drug-likeness (QED) is 0.432. The summed E-state index contributed by atoms with van der Waals surface area (Å²) in [6.45, 7) is 4.29. The molecule has 180 valence electrons. The first-order valence-electron chi connectivity index (χ1n) is 11.4. The lowest BCUT2D eigenvalue weighted by molar-refractivity contribution is -0.00894. The molecule has 5 nitrogen and oxygen atoms in total. The molecular formula is C27H30Cl2N2O3. The molecule has 1 fully saturated rings. The molecule has 4 rings (SSSR count). The highest BCUT2D eigenvalue weighted by molar-refractivity contribution is 6.30. The van der Waals surface area contributed by atoms with Gasteiger partial charge in [-0.1, -0.05) is 59.6 Å². The van der Waals surface area contributed by atoms with Gasteiger partial charge in [0.15, 0.2) is 0 Å². The van der Waals surface area contributed by atoms with Crippen molar-refractivity contribution in [1.82, 2.24) is 4.90 Å². The van der Waals surface area contributed by atoms with Gasteiger partial charge >= 0.3 is 0 Å². The fraction of sp³-hybridized carbons (Fsp3) is 0.333. The lowest BCUT2D eigenvalue weighted by Crippen LogP contribution is -2.49. The van der Waals surface area contributed by atoms with Crippen molar-refractivity contribution in [2.45, 2.75) is 12.2 Å². The Bertz CT molecular complexity index is 993. The zero-order valence-corrected chi connectivity index (χ0v) is 20.8. The van der Waals surface area contributed by atoms with Crippen LogP contribution in [0.25, 0.3) is 0 Å². The minimum Gasteiger partial charge on any atom is -0.495 e. The molecule has 0 radical (unpaired) electrons. The van der Waals surface area contributed by atoms with E-state index in [0.717, 1.165) is 48.7 Å². The summed E-state index contributed by atoms with van der Waals surface area (Å²) in [5.74, 6) is 0.889. The molecule has 1 atom stereocenters. The van der Waals surface area contributed by atoms with Crippen LogP contribution in [0.3, 0.4) is 0 Å². The van der Waals surface area contributed by atoms with E-state index < -0.39 is 6.10 Å². The summed E-state index contributed by atoms with van der Waals surface area (Å²) in [5.41, 5.74) is 3.07. The van der Waals surface area contributed by atoms with E-state index in [9.17, 15) is 5.11 Å². The minimum absolute atomic E-state index is 0.225. The second-order valence-corrected chi connectivity index (χ2v) is 9.30. The van der Waals surface area contributed by atoms with Crippen molar-refractivity contribution >= 4 is 28.9 Å². The minimum atomic E-state index is -0.597. The second-order valence-electron chi connectivity index (χ2n) is 8.43. The van der Waals surface area contributed by atoms with Crippen molar-refractivity contribution in [3.8, 4) is 5.75 Å². The molecule has 1 saturated heterocycles. The molecule has 0 bridgehead atoms. The van der Waals surface area contributed by atoms with Crippen molar-refractivity contribution in [3.63, 3.8) is 0 Å². The molecule has 0 unspecified atom stereocenters. The number of hydrogen-bond acceptors (Lipinski definition) is 5. The largest absolute Gasteiger partial charge is 0.495 e. The van der Waals surface area contributed by atoms with Crippen LogP contribution >= 0.6 is 23.2 Å². The summed E-state index contributed by atoms with van der Waals surface area (Å²) in [6, 6.07) is 23.3. The van der Waals surface area contributed by atoms with Gasteiger partial charge in [0.05, 0.1) is 25.5 Å². The van der Waals surface area contributed by atoms with Crippen LogP contribution in [0.4, 0.5) is 5.69 Å². The summed E-state index contributed by atoms with van der Waals surface area (Å²) in [6.07, 6.45) is -0.911. The van der Waals surface area contributed by atoms with Gasteiger partial charge in [-0.15, -0.1) is 0 Å². The number of piperazine rings is 1.